The Balaban J connectivity index is 1.29. The van der Waals surface area contributed by atoms with Crippen LogP contribution in [0.4, 0.5) is 11.6 Å². The Morgan fingerprint density at radius 3 is 2.72 bits per heavy atom. The van der Waals surface area contributed by atoms with Gasteiger partial charge < -0.3 is 15.0 Å². The molecule has 1 atom stereocenters. The van der Waals surface area contributed by atoms with Gasteiger partial charge in [0.15, 0.2) is 0 Å². The van der Waals surface area contributed by atoms with Gasteiger partial charge in [-0.2, -0.15) is 0 Å². The molecule has 8 nitrogen and oxygen atoms in total. The minimum atomic E-state index is -0.654. The number of hydrogen-bond acceptors (Lipinski definition) is 4. The second-order valence-electron chi connectivity index (χ2n) is 8.87. The summed E-state index contributed by atoms with van der Waals surface area (Å²) in [6.45, 7) is 0.448. The van der Waals surface area contributed by atoms with Crippen LogP contribution in [0.2, 0.25) is 0 Å². The van der Waals surface area contributed by atoms with Crippen LogP contribution in [0.3, 0.4) is 0 Å². The van der Waals surface area contributed by atoms with Gasteiger partial charge in [-0.15, -0.1) is 0 Å². The second-order valence-corrected chi connectivity index (χ2v) is 8.87. The number of para-hydroxylation sites is 3. The van der Waals surface area contributed by atoms with Crippen LogP contribution >= 0.6 is 0 Å². The standard InChI is InChI=1S/C28H25N5O3/c1-36-20-11-12-22-21(15-20)18(17-29-22)13-14-32-27(35)25(16-26(34)30-19-7-3-2-4-8-19)33-24-10-6-5-9-23(24)31-28(32)33/h2-12,15,17,25,29H,13-14,16H2,1H3,(H,30,34)/t25-/m1/s1. The van der Waals surface area contributed by atoms with Crippen LogP contribution in [-0.4, -0.2) is 40.0 Å². The lowest BCUT2D eigenvalue weighted by atomic mass is 10.1. The van der Waals surface area contributed by atoms with E-state index in [1.165, 1.54) is 0 Å². The Kier molecular flexibility index (Phi) is 5.41. The number of H-pyrrole nitrogens is 1. The molecule has 180 valence electrons. The van der Waals surface area contributed by atoms with Gasteiger partial charge in [0.2, 0.25) is 11.9 Å². The third-order valence-corrected chi connectivity index (χ3v) is 6.70. The first-order valence-corrected chi connectivity index (χ1v) is 11.9. The maximum atomic E-state index is 13.6. The highest BCUT2D eigenvalue weighted by Crippen LogP contribution is 2.37. The van der Waals surface area contributed by atoms with E-state index in [0.29, 0.717) is 24.6 Å². The molecule has 3 heterocycles. The molecular weight excluding hydrogens is 454 g/mol. The number of aromatic amines is 1. The Morgan fingerprint density at radius 2 is 1.89 bits per heavy atom. The number of carbonyl (C=O) groups is 2. The maximum absolute atomic E-state index is 13.6. The van der Waals surface area contributed by atoms with Crippen molar-refractivity contribution in [2.75, 3.05) is 23.9 Å². The number of nitrogens with zero attached hydrogens (tertiary/aromatic N) is 3. The maximum Gasteiger partial charge on any atom is 0.253 e. The van der Waals surface area contributed by atoms with Gasteiger partial charge in [0.25, 0.3) is 5.91 Å². The third-order valence-electron chi connectivity index (χ3n) is 6.70. The molecule has 2 aromatic heterocycles. The molecule has 0 spiro atoms. The number of hydrogen-bond donors (Lipinski definition) is 2. The molecule has 3 aromatic carbocycles. The minimum absolute atomic E-state index is 0.0296. The average molecular weight is 480 g/mol. The predicted octanol–water partition coefficient (Wildman–Crippen LogP) is 4.69. The number of anilines is 2. The summed E-state index contributed by atoms with van der Waals surface area (Å²) in [4.78, 5) is 36.3. The monoisotopic (exact) mass is 479 g/mol. The smallest absolute Gasteiger partial charge is 0.253 e. The van der Waals surface area contributed by atoms with Crippen molar-refractivity contribution in [3.63, 3.8) is 0 Å². The first-order chi connectivity index (χ1) is 17.6. The third kappa shape index (κ3) is 3.76. The molecule has 0 saturated carbocycles. The normalized spacial score (nSPS) is 15.0. The number of benzene rings is 3. The van der Waals surface area contributed by atoms with Gasteiger partial charge in [-0.05, 0) is 54.4 Å². The van der Waals surface area contributed by atoms with Crippen molar-refractivity contribution in [3.05, 3.63) is 84.6 Å². The van der Waals surface area contributed by atoms with E-state index < -0.39 is 6.04 Å². The van der Waals surface area contributed by atoms with E-state index in [4.69, 9.17) is 9.72 Å². The van der Waals surface area contributed by atoms with E-state index in [-0.39, 0.29) is 18.2 Å². The van der Waals surface area contributed by atoms with Crippen molar-refractivity contribution >= 4 is 45.4 Å². The van der Waals surface area contributed by atoms with E-state index in [2.05, 4.69) is 10.3 Å². The van der Waals surface area contributed by atoms with Gasteiger partial charge in [-0.25, -0.2) is 4.98 Å². The largest absolute Gasteiger partial charge is 0.497 e. The molecule has 0 radical (unpaired) electrons. The van der Waals surface area contributed by atoms with Gasteiger partial charge in [0, 0.05) is 29.3 Å². The summed E-state index contributed by atoms with van der Waals surface area (Å²) >= 11 is 0. The summed E-state index contributed by atoms with van der Waals surface area (Å²) < 4.78 is 7.29. The van der Waals surface area contributed by atoms with E-state index in [9.17, 15) is 9.59 Å². The number of fused-ring (bicyclic) bond motifs is 4. The van der Waals surface area contributed by atoms with Crippen molar-refractivity contribution < 1.29 is 14.3 Å². The van der Waals surface area contributed by atoms with Crippen LogP contribution in [0, 0.1) is 0 Å². The van der Waals surface area contributed by atoms with Crippen molar-refractivity contribution in [1.82, 2.24) is 14.5 Å². The Hall–Kier alpha value is -4.59. The number of amides is 2. The number of imidazole rings is 1. The fourth-order valence-electron chi connectivity index (χ4n) is 4.94. The zero-order valence-electron chi connectivity index (χ0n) is 19.8. The summed E-state index contributed by atoms with van der Waals surface area (Å²) in [5.74, 6) is 1.03. The molecule has 2 N–H and O–H groups in total. The van der Waals surface area contributed by atoms with Crippen molar-refractivity contribution in [1.29, 1.82) is 0 Å². The fraction of sp³-hybridized carbons (Fsp3) is 0.179. The van der Waals surface area contributed by atoms with Crippen LogP contribution < -0.4 is 15.0 Å². The molecule has 36 heavy (non-hydrogen) atoms. The van der Waals surface area contributed by atoms with Crippen molar-refractivity contribution in [2.24, 2.45) is 0 Å². The molecule has 1 aliphatic rings. The summed E-state index contributed by atoms with van der Waals surface area (Å²) in [6, 6.07) is 22.2. The van der Waals surface area contributed by atoms with Gasteiger partial charge in [0.05, 0.1) is 24.6 Å². The first kappa shape index (κ1) is 21.9. The molecule has 8 heteroatoms. The topological polar surface area (TPSA) is 92.2 Å². The summed E-state index contributed by atoms with van der Waals surface area (Å²) in [6.07, 6.45) is 2.63. The zero-order chi connectivity index (χ0) is 24.6. The number of aromatic nitrogens is 3. The van der Waals surface area contributed by atoms with E-state index >= 15 is 0 Å². The van der Waals surface area contributed by atoms with E-state index in [0.717, 1.165) is 33.2 Å². The molecule has 0 unspecified atom stereocenters. The molecule has 0 aliphatic carbocycles. The SMILES string of the molecule is COc1ccc2[nH]cc(CCN3C(=O)[C@@H](CC(=O)Nc4ccccc4)n4c3nc3ccccc34)c2c1. The highest BCUT2D eigenvalue weighted by Gasteiger charge is 2.40. The number of nitrogens with one attached hydrogen (secondary N) is 2. The summed E-state index contributed by atoms with van der Waals surface area (Å²) in [7, 11) is 1.65. The van der Waals surface area contributed by atoms with Crippen LogP contribution in [0.25, 0.3) is 21.9 Å². The summed E-state index contributed by atoms with van der Waals surface area (Å²) in [5, 5.41) is 3.96. The lowest BCUT2D eigenvalue weighted by Gasteiger charge is -2.16. The molecule has 0 saturated heterocycles. The van der Waals surface area contributed by atoms with E-state index in [1.807, 2.05) is 83.6 Å². The van der Waals surface area contributed by atoms with Gasteiger partial charge in [-0.3, -0.25) is 19.1 Å². The van der Waals surface area contributed by atoms with Crippen molar-refractivity contribution in [2.45, 2.75) is 18.9 Å². The molecule has 6 rings (SSSR count). The van der Waals surface area contributed by atoms with Crippen LogP contribution in [-0.2, 0) is 16.0 Å². The lowest BCUT2D eigenvalue weighted by molar-refractivity contribution is -0.124. The number of rotatable bonds is 7. The van der Waals surface area contributed by atoms with Crippen molar-refractivity contribution in [3.8, 4) is 5.75 Å². The molecule has 0 fully saturated rings. The number of ether oxygens (including phenoxy) is 1. The molecule has 0 bridgehead atoms. The molecule has 2 amide bonds. The minimum Gasteiger partial charge on any atom is -0.497 e. The first-order valence-electron chi connectivity index (χ1n) is 11.9. The summed E-state index contributed by atoms with van der Waals surface area (Å²) in [5.41, 5.74) is 4.45. The Bertz CT molecular complexity index is 1590. The number of carbonyl (C=O) groups excluding carboxylic acids is 2. The molecule has 1 aliphatic heterocycles. The highest BCUT2D eigenvalue weighted by molar-refractivity contribution is 6.05. The highest BCUT2D eigenvalue weighted by atomic mass is 16.5. The van der Waals surface area contributed by atoms with Crippen LogP contribution in [0.5, 0.6) is 5.75 Å². The second kappa shape index (κ2) is 8.88. The van der Waals surface area contributed by atoms with Gasteiger partial charge in [0.1, 0.15) is 11.8 Å². The zero-order valence-corrected chi connectivity index (χ0v) is 19.8. The lowest BCUT2D eigenvalue weighted by Crippen LogP contribution is -2.33. The number of methoxy groups -OCH3 is 1. The average Bonchev–Trinajstić information content (AvgIpc) is 3.55. The quantitative estimate of drug-likeness (QED) is 0.354. The van der Waals surface area contributed by atoms with Crippen LogP contribution in [0.15, 0.2) is 79.0 Å². The molecular formula is C28H25N5O3. The van der Waals surface area contributed by atoms with Gasteiger partial charge >= 0.3 is 0 Å². The predicted molar refractivity (Wildman–Crippen MR) is 139 cm³/mol. The van der Waals surface area contributed by atoms with Crippen LogP contribution in [0.1, 0.15) is 18.0 Å². The van der Waals surface area contributed by atoms with Gasteiger partial charge in [-0.1, -0.05) is 30.3 Å². The van der Waals surface area contributed by atoms with E-state index in [1.54, 1.807) is 12.0 Å². The molecule has 5 aromatic rings. The Labute approximate surface area is 207 Å². The Morgan fingerprint density at radius 1 is 1.08 bits per heavy atom. The fourth-order valence-corrected chi connectivity index (χ4v) is 4.94.